The fourth-order valence-electron chi connectivity index (χ4n) is 0.915. The lowest BCUT2D eigenvalue weighted by atomic mass is 10.1. The highest BCUT2D eigenvalue weighted by Crippen LogP contribution is 2.03. The molecule has 0 N–H and O–H groups in total. The summed E-state index contributed by atoms with van der Waals surface area (Å²) >= 11 is 0. The fraction of sp³-hybridized carbons (Fsp3) is 0.182. The molecule has 0 radical (unpaired) electrons. The van der Waals surface area contributed by atoms with E-state index in [1.54, 1.807) is 0 Å². The monoisotopic (exact) mass is 159 g/mol. The molecule has 0 fully saturated rings. The summed E-state index contributed by atoms with van der Waals surface area (Å²) in [4.78, 5) is 4.15. The van der Waals surface area contributed by atoms with Crippen molar-refractivity contribution in [3.8, 4) is 0 Å². The molecule has 62 valence electrons. The molecule has 0 aromatic heterocycles. The predicted octanol–water partition coefficient (Wildman–Crippen LogP) is 2.77. The van der Waals surface area contributed by atoms with Crippen LogP contribution in [0.15, 0.2) is 35.8 Å². The molecule has 1 nitrogen and oxygen atoms in total. The Morgan fingerprint density at radius 3 is 2.33 bits per heavy atom. The number of benzene rings is 1. The molecular formula is C11H13N. The van der Waals surface area contributed by atoms with Gasteiger partial charge in [0.25, 0.3) is 0 Å². The van der Waals surface area contributed by atoms with Crippen molar-refractivity contribution in [2.24, 2.45) is 4.99 Å². The SMILES string of the molecule is C=Cc1ccc(C=NCC)cc1. The Morgan fingerprint density at radius 2 is 1.83 bits per heavy atom. The van der Waals surface area contributed by atoms with E-state index in [0.717, 1.165) is 17.7 Å². The van der Waals surface area contributed by atoms with E-state index < -0.39 is 0 Å². The quantitative estimate of drug-likeness (QED) is 0.601. The van der Waals surface area contributed by atoms with E-state index in [1.807, 2.05) is 43.5 Å². The molecule has 1 aromatic carbocycles. The van der Waals surface area contributed by atoms with Gasteiger partial charge < -0.3 is 0 Å². The number of rotatable bonds is 3. The summed E-state index contributed by atoms with van der Waals surface area (Å²) in [5.74, 6) is 0. The average molecular weight is 159 g/mol. The van der Waals surface area contributed by atoms with Crippen LogP contribution in [0.1, 0.15) is 18.1 Å². The Morgan fingerprint density at radius 1 is 1.25 bits per heavy atom. The highest BCUT2D eigenvalue weighted by atomic mass is 14.7. The minimum absolute atomic E-state index is 0.837. The van der Waals surface area contributed by atoms with Crippen molar-refractivity contribution in [3.05, 3.63) is 42.0 Å². The lowest BCUT2D eigenvalue weighted by molar-refractivity contribution is 1.14. The van der Waals surface area contributed by atoms with E-state index in [9.17, 15) is 0 Å². The minimum atomic E-state index is 0.837. The number of hydrogen-bond donors (Lipinski definition) is 0. The van der Waals surface area contributed by atoms with E-state index in [2.05, 4.69) is 11.6 Å². The third-order valence-corrected chi connectivity index (χ3v) is 1.60. The molecule has 0 saturated carbocycles. The summed E-state index contributed by atoms with van der Waals surface area (Å²) in [5, 5.41) is 0. The molecule has 0 bridgehead atoms. The normalized spacial score (nSPS) is 10.4. The molecule has 1 aromatic rings. The van der Waals surface area contributed by atoms with Crippen molar-refractivity contribution < 1.29 is 0 Å². The van der Waals surface area contributed by atoms with Crippen LogP contribution in [-0.4, -0.2) is 12.8 Å². The van der Waals surface area contributed by atoms with E-state index in [1.165, 1.54) is 0 Å². The number of hydrogen-bond acceptors (Lipinski definition) is 1. The van der Waals surface area contributed by atoms with Gasteiger partial charge >= 0.3 is 0 Å². The highest BCUT2D eigenvalue weighted by Gasteiger charge is 1.86. The molecule has 0 aliphatic rings. The standard InChI is InChI=1S/C11H13N/c1-3-10-5-7-11(8-6-10)9-12-4-2/h3,5-9H,1,4H2,2H3. The molecule has 1 heteroatoms. The van der Waals surface area contributed by atoms with Crippen LogP contribution in [0, 0.1) is 0 Å². The van der Waals surface area contributed by atoms with Gasteiger partial charge in [0.2, 0.25) is 0 Å². The first-order chi connectivity index (χ1) is 5.86. The van der Waals surface area contributed by atoms with Crippen molar-refractivity contribution in [1.29, 1.82) is 0 Å². The van der Waals surface area contributed by atoms with E-state index in [4.69, 9.17) is 0 Å². The van der Waals surface area contributed by atoms with Crippen LogP contribution in [0.2, 0.25) is 0 Å². The maximum Gasteiger partial charge on any atom is 0.0361 e. The lowest BCUT2D eigenvalue weighted by Gasteiger charge is -1.93. The summed E-state index contributed by atoms with van der Waals surface area (Å²) in [6, 6.07) is 8.14. The van der Waals surface area contributed by atoms with Crippen molar-refractivity contribution >= 4 is 12.3 Å². The Hall–Kier alpha value is -1.37. The molecule has 1 rings (SSSR count). The fourth-order valence-corrected chi connectivity index (χ4v) is 0.915. The van der Waals surface area contributed by atoms with E-state index in [0.29, 0.717) is 0 Å². The highest BCUT2D eigenvalue weighted by molar-refractivity contribution is 5.79. The average Bonchev–Trinajstić information content (AvgIpc) is 2.15. The van der Waals surface area contributed by atoms with Gasteiger partial charge in [-0.05, 0) is 18.1 Å². The zero-order valence-electron chi connectivity index (χ0n) is 7.33. The molecule has 0 amide bonds. The second-order valence-electron chi connectivity index (χ2n) is 2.50. The Bertz CT molecular complexity index is 270. The maximum absolute atomic E-state index is 4.15. The summed E-state index contributed by atoms with van der Waals surface area (Å²) < 4.78 is 0. The summed E-state index contributed by atoms with van der Waals surface area (Å²) in [6.07, 6.45) is 3.72. The summed E-state index contributed by atoms with van der Waals surface area (Å²) in [7, 11) is 0. The van der Waals surface area contributed by atoms with Crippen molar-refractivity contribution in [2.75, 3.05) is 6.54 Å². The summed E-state index contributed by atoms with van der Waals surface area (Å²) in [5.41, 5.74) is 2.28. The maximum atomic E-state index is 4.15. The lowest BCUT2D eigenvalue weighted by Crippen LogP contribution is -1.81. The summed E-state index contributed by atoms with van der Waals surface area (Å²) in [6.45, 7) is 6.55. The van der Waals surface area contributed by atoms with Crippen LogP contribution in [0.25, 0.3) is 6.08 Å². The van der Waals surface area contributed by atoms with E-state index >= 15 is 0 Å². The molecule has 0 spiro atoms. The van der Waals surface area contributed by atoms with Crippen LogP contribution in [0.3, 0.4) is 0 Å². The van der Waals surface area contributed by atoms with Crippen molar-refractivity contribution in [1.82, 2.24) is 0 Å². The Balaban J connectivity index is 2.77. The predicted molar refractivity (Wildman–Crippen MR) is 54.7 cm³/mol. The molecule has 0 atom stereocenters. The molecule has 0 aliphatic heterocycles. The van der Waals surface area contributed by atoms with Crippen LogP contribution in [0.4, 0.5) is 0 Å². The molecule has 12 heavy (non-hydrogen) atoms. The van der Waals surface area contributed by atoms with Gasteiger partial charge in [-0.25, -0.2) is 0 Å². The van der Waals surface area contributed by atoms with Gasteiger partial charge in [-0.2, -0.15) is 0 Å². The van der Waals surface area contributed by atoms with Crippen molar-refractivity contribution in [3.63, 3.8) is 0 Å². The van der Waals surface area contributed by atoms with Gasteiger partial charge in [0.05, 0.1) is 0 Å². The Labute approximate surface area is 73.5 Å². The van der Waals surface area contributed by atoms with Gasteiger partial charge in [-0.3, -0.25) is 4.99 Å². The van der Waals surface area contributed by atoms with Crippen molar-refractivity contribution in [2.45, 2.75) is 6.92 Å². The molecule has 0 heterocycles. The third kappa shape index (κ3) is 2.35. The first-order valence-electron chi connectivity index (χ1n) is 4.09. The first kappa shape index (κ1) is 8.72. The largest absolute Gasteiger partial charge is 0.293 e. The molecule has 0 unspecified atom stereocenters. The number of aliphatic imine (C=N–C) groups is 1. The second kappa shape index (κ2) is 4.50. The Kier molecular flexibility index (Phi) is 3.27. The second-order valence-corrected chi connectivity index (χ2v) is 2.50. The van der Waals surface area contributed by atoms with Crippen LogP contribution in [0.5, 0.6) is 0 Å². The van der Waals surface area contributed by atoms with Crippen LogP contribution < -0.4 is 0 Å². The smallest absolute Gasteiger partial charge is 0.0361 e. The van der Waals surface area contributed by atoms with E-state index in [-0.39, 0.29) is 0 Å². The van der Waals surface area contributed by atoms with Gasteiger partial charge in [-0.1, -0.05) is 36.9 Å². The zero-order valence-corrected chi connectivity index (χ0v) is 7.33. The topological polar surface area (TPSA) is 12.4 Å². The molecular weight excluding hydrogens is 146 g/mol. The molecule has 0 saturated heterocycles. The third-order valence-electron chi connectivity index (χ3n) is 1.60. The number of nitrogens with zero attached hydrogens (tertiary/aromatic N) is 1. The minimum Gasteiger partial charge on any atom is -0.293 e. The van der Waals surface area contributed by atoms with Gasteiger partial charge in [0.1, 0.15) is 0 Å². The van der Waals surface area contributed by atoms with Gasteiger partial charge in [0.15, 0.2) is 0 Å². The first-order valence-corrected chi connectivity index (χ1v) is 4.09. The van der Waals surface area contributed by atoms with Crippen LogP contribution >= 0.6 is 0 Å². The van der Waals surface area contributed by atoms with Crippen LogP contribution in [-0.2, 0) is 0 Å². The van der Waals surface area contributed by atoms with Gasteiger partial charge in [0, 0.05) is 12.8 Å². The molecule has 0 aliphatic carbocycles. The zero-order chi connectivity index (χ0) is 8.81. The van der Waals surface area contributed by atoms with Gasteiger partial charge in [-0.15, -0.1) is 0 Å².